The minimum Gasteiger partial charge on any atom is -0.309 e. The van der Waals surface area contributed by atoms with Gasteiger partial charge in [0.25, 0.3) is 0 Å². The summed E-state index contributed by atoms with van der Waals surface area (Å²) < 4.78 is 2.39. The van der Waals surface area contributed by atoms with Gasteiger partial charge in [0, 0.05) is 33.1 Å². The maximum atomic E-state index is 2.50. The van der Waals surface area contributed by atoms with Crippen molar-refractivity contribution in [2.45, 2.75) is 0 Å². The van der Waals surface area contributed by atoms with Crippen LogP contribution >= 0.6 is 0 Å². The monoisotopic (exact) mass is 814 g/mol. The number of aromatic nitrogens is 1. The maximum Gasteiger partial charge on any atom is 0.0547 e. The number of nitrogens with zero attached hydrogens (tertiary/aromatic N) is 2. The number of anilines is 3. The summed E-state index contributed by atoms with van der Waals surface area (Å²) in [6.07, 6.45) is 0. The molecule has 0 radical (unpaired) electrons. The standard InChI is InChI=1S/C62H42N2/c1-4-19-44(20-5-1)50-26-12-15-31-57(50)62-52(45-21-6-2-7-22-45)32-18-34-59(62)64(61-42-47-23-10-11-27-51(47)53-28-13-14-29-54(53)61)49-38-35-43(36-39-49)46-37-40-56-55-30-16-17-33-58(55)63(60(56)41-46)48-24-8-3-9-25-48/h1-42H. The van der Waals surface area contributed by atoms with Crippen molar-refractivity contribution in [3.63, 3.8) is 0 Å². The third kappa shape index (κ3) is 6.35. The molecule has 12 aromatic rings. The zero-order valence-corrected chi connectivity index (χ0v) is 35.1. The van der Waals surface area contributed by atoms with Gasteiger partial charge >= 0.3 is 0 Å². The van der Waals surface area contributed by atoms with Crippen molar-refractivity contribution in [2.75, 3.05) is 4.90 Å². The minimum atomic E-state index is 1.08. The third-order valence-corrected chi connectivity index (χ3v) is 12.8. The normalized spacial score (nSPS) is 11.4. The molecule has 0 bridgehead atoms. The van der Waals surface area contributed by atoms with E-state index < -0.39 is 0 Å². The predicted octanol–water partition coefficient (Wildman–Crippen LogP) is 17.2. The lowest BCUT2D eigenvalue weighted by Gasteiger charge is -2.31. The fourth-order valence-corrected chi connectivity index (χ4v) is 9.87. The number of hydrogen-bond donors (Lipinski definition) is 0. The lowest BCUT2D eigenvalue weighted by molar-refractivity contribution is 1.18. The Morgan fingerprint density at radius 3 is 1.58 bits per heavy atom. The van der Waals surface area contributed by atoms with Gasteiger partial charge in [0.2, 0.25) is 0 Å². The Morgan fingerprint density at radius 1 is 0.281 bits per heavy atom. The van der Waals surface area contributed by atoms with Crippen LogP contribution in [0.3, 0.4) is 0 Å². The number of hydrogen-bond acceptors (Lipinski definition) is 1. The van der Waals surface area contributed by atoms with Gasteiger partial charge in [-0.15, -0.1) is 0 Å². The quantitative estimate of drug-likeness (QED) is 0.139. The molecular formula is C62H42N2. The van der Waals surface area contributed by atoms with Crippen molar-refractivity contribution in [3.8, 4) is 50.2 Å². The SMILES string of the molecule is c1ccc(-c2ccccc2-c2c(-c3ccccc3)cccc2N(c2ccc(-c3ccc4c5ccccc5n(-c5ccccc5)c4c3)cc2)c2cc3ccccc3c3ccccc23)cc1. The van der Waals surface area contributed by atoms with Gasteiger partial charge in [0.15, 0.2) is 0 Å². The first-order valence-electron chi connectivity index (χ1n) is 22.0. The highest BCUT2D eigenvalue weighted by Gasteiger charge is 2.25. The molecule has 2 heteroatoms. The van der Waals surface area contributed by atoms with Gasteiger partial charge in [0.05, 0.1) is 22.4 Å². The largest absolute Gasteiger partial charge is 0.309 e. The summed E-state index contributed by atoms with van der Waals surface area (Å²) >= 11 is 0. The molecule has 64 heavy (non-hydrogen) atoms. The predicted molar refractivity (Wildman–Crippen MR) is 272 cm³/mol. The van der Waals surface area contributed by atoms with Crippen molar-refractivity contribution in [1.82, 2.24) is 4.57 Å². The molecule has 12 rings (SSSR count). The van der Waals surface area contributed by atoms with Crippen LogP contribution in [0.5, 0.6) is 0 Å². The lowest BCUT2D eigenvalue weighted by atomic mass is 9.87. The Bertz CT molecular complexity index is 3640. The van der Waals surface area contributed by atoms with E-state index in [-0.39, 0.29) is 0 Å². The summed E-state index contributed by atoms with van der Waals surface area (Å²) in [4.78, 5) is 2.50. The first-order valence-corrected chi connectivity index (χ1v) is 22.0. The molecule has 0 aliphatic heterocycles. The second-order valence-corrected chi connectivity index (χ2v) is 16.4. The third-order valence-electron chi connectivity index (χ3n) is 12.8. The zero-order chi connectivity index (χ0) is 42.4. The number of para-hydroxylation sites is 2. The van der Waals surface area contributed by atoms with Gasteiger partial charge < -0.3 is 9.47 Å². The topological polar surface area (TPSA) is 8.17 Å². The van der Waals surface area contributed by atoms with E-state index in [0.717, 1.165) is 28.3 Å². The molecule has 1 heterocycles. The van der Waals surface area contributed by atoms with Crippen molar-refractivity contribution < 1.29 is 0 Å². The fourth-order valence-electron chi connectivity index (χ4n) is 9.87. The maximum absolute atomic E-state index is 2.50. The number of rotatable bonds is 8. The number of fused-ring (bicyclic) bond motifs is 6. The highest BCUT2D eigenvalue weighted by atomic mass is 15.1. The highest BCUT2D eigenvalue weighted by Crippen LogP contribution is 2.50. The van der Waals surface area contributed by atoms with E-state index in [1.807, 2.05) is 0 Å². The van der Waals surface area contributed by atoms with Crippen LogP contribution in [0.15, 0.2) is 255 Å². The molecule has 0 unspecified atom stereocenters. The molecule has 300 valence electrons. The summed E-state index contributed by atoms with van der Waals surface area (Å²) in [5, 5.41) is 7.36. The van der Waals surface area contributed by atoms with Crippen LogP contribution in [0.2, 0.25) is 0 Å². The van der Waals surface area contributed by atoms with E-state index in [4.69, 9.17) is 0 Å². The summed E-state index contributed by atoms with van der Waals surface area (Å²) in [5.41, 5.74) is 16.3. The van der Waals surface area contributed by atoms with Crippen LogP contribution in [-0.4, -0.2) is 4.57 Å². The van der Waals surface area contributed by atoms with Crippen LogP contribution in [0, 0.1) is 0 Å². The molecule has 11 aromatic carbocycles. The van der Waals surface area contributed by atoms with E-state index in [9.17, 15) is 0 Å². The molecule has 0 aliphatic rings. The van der Waals surface area contributed by atoms with Crippen LogP contribution in [-0.2, 0) is 0 Å². The van der Waals surface area contributed by atoms with Gasteiger partial charge in [-0.25, -0.2) is 0 Å². The van der Waals surface area contributed by atoms with E-state index >= 15 is 0 Å². The molecule has 0 spiro atoms. The van der Waals surface area contributed by atoms with Crippen molar-refractivity contribution >= 4 is 60.4 Å². The molecule has 0 atom stereocenters. The van der Waals surface area contributed by atoms with Crippen molar-refractivity contribution in [3.05, 3.63) is 255 Å². The van der Waals surface area contributed by atoms with Crippen LogP contribution in [0.25, 0.3) is 93.5 Å². The van der Waals surface area contributed by atoms with Crippen LogP contribution in [0.4, 0.5) is 17.1 Å². The first kappa shape index (κ1) is 37.3. The molecule has 0 N–H and O–H groups in total. The summed E-state index contributed by atoms with van der Waals surface area (Å²) in [6, 6.07) is 92.8. The van der Waals surface area contributed by atoms with Gasteiger partial charge in [-0.2, -0.15) is 0 Å². The van der Waals surface area contributed by atoms with Gasteiger partial charge in [0.1, 0.15) is 0 Å². The molecule has 0 saturated heterocycles. The Hall–Kier alpha value is -8.46. The van der Waals surface area contributed by atoms with Gasteiger partial charge in [-0.1, -0.05) is 206 Å². The van der Waals surface area contributed by atoms with Crippen molar-refractivity contribution in [1.29, 1.82) is 0 Å². The molecule has 0 aliphatic carbocycles. The zero-order valence-electron chi connectivity index (χ0n) is 35.1. The average Bonchev–Trinajstić information content (AvgIpc) is 3.71. The molecule has 0 saturated carbocycles. The molecule has 1 aromatic heterocycles. The minimum absolute atomic E-state index is 1.08. The summed E-state index contributed by atoms with van der Waals surface area (Å²) in [5.74, 6) is 0. The number of benzene rings is 11. The van der Waals surface area contributed by atoms with Gasteiger partial charge in [-0.05, 0) is 104 Å². The first-order chi connectivity index (χ1) is 31.8. The Labute approximate surface area is 373 Å². The van der Waals surface area contributed by atoms with Crippen LogP contribution < -0.4 is 4.90 Å². The van der Waals surface area contributed by atoms with Crippen LogP contribution in [0.1, 0.15) is 0 Å². The Morgan fingerprint density at radius 2 is 0.828 bits per heavy atom. The lowest BCUT2D eigenvalue weighted by Crippen LogP contribution is -2.12. The van der Waals surface area contributed by atoms with Crippen molar-refractivity contribution in [2.24, 2.45) is 0 Å². The molecular weight excluding hydrogens is 773 g/mol. The van der Waals surface area contributed by atoms with E-state index in [1.54, 1.807) is 0 Å². The Kier molecular flexibility index (Phi) is 9.20. The highest BCUT2D eigenvalue weighted by molar-refractivity contribution is 6.16. The second kappa shape index (κ2) is 15.8. The average molecular weight is 815 g/mol. The molecule has 2 nitrogen and oxygen atoms in total. The van der Waals surface area contributed by atoms with E-state index in [1.165, 1.54) is 82.3 Å². The summed E-state index contributed by atoms with van der Waals surface area (Å²) in [6.45, 7) is 0. The smallest absolute Gasteiger partial charge is 0.0547 e. The molecule has 0 fully saturated rings. The Balaban J connectivity index is 1.10. The second-order valence-electron chi connectivity index (χ2n) is 16.4. The molecule has 0 amide bonds. The van der Waals surface area contributed by atoms with E-state index in [2.05, 4.69) is 264 Å². The fraction of sp³-hybridized carbons (Fsp3) is 0. The summed E-state index contributed by atoms with van der Waals surface area (Å²) in [7, 11) is 0. The van der Waals surface area contributed by atoms with E-state index in [0.29, 0.717) is 0 Å². The van der Waals surface area contributed by atoms with Gasteiger partial charge in [-0.3, -0.25) is 0 Å².